The highest BCUT2D eigenvalue weighted by Crippen LogP contribution is 2.27. The van der Waals surface area contributed by atoms with Crippen LogP contribution < -0.4 is 5.32 Å². The molecule has 1 nitrogen and oxygen atoms in total. The van der Waals surface area contributed by atoms with Crippen molar-refractivity contribution >= 4 is 23.4 Å². The molecule has 0 saturated carbocycles. The highest BCUT2D eigenvalue weighted by molar-refractivity contribution is 7.99. The van der Waals surface area contributed by atoms with Crippen LogP contribution in [0.2, 0.25) is 5.02 Å². The van der Waals surface area contributed by atoms with E-state index in [0.29, 0.717) is 6.42 Å². The first-order chi connectivity index (χ1) is 10.2. The van der Waals surface area contributed by atoms with E-state index in [-0.39, 0.29) is 11.9 Å². The summed E-state index contributed by atoms with van der Waals surface area (Å²) in [6.07, 6.45) is 0.679. The number of halogens is 2. The van der Waals surface area contributed by atoms with E-state index >= 15 is 0 Å². The van der Waals surface area contributed by atoms with Gasteiger partial charge in [-0.2, -0.15) is 0 Å². The van der Waals surface area contributed by atoms with E-state index in [4.69, 9.17) is 11.6 Å². The molecule has 2 rings (SSSR count). The number of rotatable bonds is 7. The van der Waals surface area contributed by atoms with Crippen LogP contribution in [0.4, 0.5) is 4.39 Å². The molecule has 0 amide bonds. The Kier molecular flexibility index (Phi) is 6.55. The summed E-state index contributed by atoms with van der Waals surface area (Å²) in [7, 11) is 0. The Morgan fingerprint density at radius 1 is 1.14 bits per heavy atom. The fourth-order valence-corrected chi connectivity index (χ4v) is 3.46. The topological polar surface area (TPSA) is 12.0 Å². The van der Waals surface area contributed by atoms with E-state index in [0.717, 1.165) is 27.8 Å². The lowest BCUT2D eigenvalue weighted by molar-refractivity contribution is 0.545. The van der Waals surface area contributed by atoms with Gasteiger partial charge >= 0.3 is 0 Å². The summed E-state index contributed by atoms with van der Waals surface area (Å²) < 4.78 is 13.8. The van der Waals surface area contributed by atoms with E-state index in [1.807, 2.05) is 36.4 Å². The predicted octanol–water partition coefficient (Wildman–Crippen LogP) is 4.79. The number of thioether (sulfide) groups is 1. The van der Waals surface area contributed by atoms with Crippen LogP contribution in [0.3, 0.4) is 0 Å². The van der Waals surface area contributed by atoms with Crippen LogP contribution >= 0.6 is 23.4 Å². The molecule has 0 aromatic heterocycles. The quantitative estimate of drug-likeness (QED) is 0.735. The van der Waals surface area contributed by atoms with E-state index in [1.165, 1.54) is 6.07 Å². The summed E-state index contributed by atoms with van der Waals surface area (Å²) in [5.41, 5.74) is 0.753. The van der Waals surface area contributed by atoms with Crippen LogP contribution in [0, 0.1) is 5.82 Å². The van der Waals surface area contributed by atoms with Crippen molar-refractivity contribution in [3.63, 3.8) is 0 Å². The minimum absolute atomic E-state index is 0.136. The van der Waals surface area contributed by atoms with Crippen molar-refractivity contribution < 1.29 is 4.39 Å². The fraction of sp³-hybridized carbons (Fsp3) is 0.294. The molecular formula is C17H19ClFNS. The Morgan fingerprint density at radius 3 is 2.57 bits per heavy atom. The van der Waals surface area contributed by atoms with Gasteiger partial charge in [-0.25, -0.2) is 4.39 Å². The smallest absolute Gasteiger partial charge is 0.126 e. The molecule has 0 fully saturated rings. The third-order valence-electron chi connectivity index (χ3n) is 3.19. The molecule has 0 saturated heterocycles. The van der Waals surface area contributed by atoms with Crippen LogP contribution in [0.5, 0.6) is 0 Å². The lowest BCUT2D eigenvalue weighted by atomic mass is 10.1. The molecule has 21 heavy (non-hydrogen) atoms. The second kappa shape index (κ2) is 8.42. The lowest BCUT2D eigenvalue weighted by Crippen LogP contribution is -2.33. The molecule has 1 N–H and O–H groups in total. The number of likely N-dealkylation sites (N-methyl/N-ethyl adjacent to an activating group) is 1. The average Bonchev–Trinajstić information content (AvgIpc) is 2.48. The highest BCUT2D eigenvalue weighted by atomic mass is 35.5. The minimum atomic E-state index is -0.136. The summed E-state index contributed by atoms with van der Waals surface area (Å²) in [6.45, 7) is 2.93. The molecular weight excluding hydrogens is 305 g/mol. The molecule has 0 aliphatic carbocycles. The van der Waals surface area contributed by atoms with Crippen LogP contribution in [0.15, 0.2) is 53.4 Å². The van der Waals surface area contributed by atoms with Gasteiger partial charge in [-0.3, -0.25) is 0 Å². The Hall–Kier alpha value is -1.03. The average molecular weight is 324 g/mol. The molecule has 0 bridgehead atoms. The fourth-order valence-electron chi connectivity index (χ4n) is 2.16. The van der Waals surface area contributed by atoms with Crippen LogP contribution in [0.1, 0.15) is 12.5 Å². The minimum Gasteiger partial charge on any atom is -0.313 e. The molecule has 112 valence electrons. The lowest BCUT2D eigenvalue weighted by Gasteiger charge is -2.18. The van der Waals surface area contributed by atoms with Gasteiger partial charge in [-0.05, 0) is 36.7 Å². The maximum absolute atomic E-state index is 13.8. The first kappa shape index (κ1) is 16.3. The zero-order chi connectivity index (χ0) is 15.1. The zero-order valence-electron chi connectivity index (χ0n) is 12.0. The highest BCUT2D eigenvalue weighted by Gasteiger charge is 2.12. The molecule has 0 heterocycles. The van der Waals surface area contributed by atoms with Crippen LogP contribution in [0.25, 0.3) is 0 Å². The van der Waals surface area contributed by atoms with Crippen molar-refractivity contribution in [2.24, 2.45) is 0 Å². The summed E-state index contributed by atoms with van der Waals surface area (Å²) >= 11 is 7.87. The van der Waals surface area contributed by atoms with Crippen molar-refractivity contribution in [2.75, 3.05) is 12.3 Å². The third kappa shape index (κ3) is 5.03. The first-order valence-corrected chi connectivity index (χ1v) is 8.41. The monoisotopic (exact) mass is 323 g/mol. The van der Waals surface area contributed by atoms with Crippen molar-refractivity contribution in [1.82, 2.24) is 5.32 Å². The van der Waals surface area contributed by atoms with Gasteiger partial charge in [0.2, 0.25) is 0 Å². The number of hydrogen-bond acceptors (Lipinski definition) is 2. The van der Waals surface area contributed by atoms with Crippen LogP contribution in [-0.4, -0.2) is 18.3 Å². The van der Waals surface area contributed by atoms with Crippen molar-refractivity contribution in [3.8, 4) is 0 Å². The second-order valence-electron chi connectivity index (χ2n) is 4.79. The van der Waals surface area contributed by atoms with Gasteiger partial charge in [0, 0.05) is 16.7 Å². The van der Waals surface area contributed by atoms with E-state index < -0.39 is 0 Å². The number of hydrogen-bond donors (Lipinski definition) is 1. The molecule has 0 aliphatic rings. The Labute approximate surface area is 134 Å². The van der Waals surface area contributed by atoms with Gasteiger partial charge in [0.05, 0.1) is 5.02 Å². The summed E-state index contributed by atoms with van der Waals surface area (Å²) in [6, 6.07) is 15.0. The van der Waals surface area contributed by atoms with E-state index in [1.54, 1.807) is 17.8 Å². The maximum Gasteiger partial charge on any atom is 0.126 e. The van der Waals surface area contributed by atoms with Gasteiger partial charge in [0.1, 0.15) is 5.82 Å². The molecule has 2 aromatic rings. The Bertz CT molecular complexity index is 576. The SMILES string of the molecule is CCNC(CSc1ccccc1Cl)Cc1ccccc1F. The number of nitrogens with one attached hydrogen (secondary N) is 1. The first-order valence-electron chi connectivity index (χ1n) is 7.04. The standard InChI is InChI=1S/C17H19ClFNS/c1-2-20-14(11-13-7-3-5-9-16(13)19)12-21-17-10-6-4-8-15(17)18/h3-10,14,20H,2,11-12H2,1H3. The van der Waals surface area contributed by atoms with Crippen molar-refractivity contribution in [3.05, 3.63) is 64.9 Å². The predicted molar refractivity (Wildman–Crippen MR) is 89.7 cm³/mol. The van der Waals surface area contributed by atoms with E-state index in [2.05, 4.69) is 12.2 Å². The molecule has 1 unspecified atom stereocenters. The van der Waals surface area contributed by atoms with E-state index in [9.17, 15) is 4.39 Å². The van der Waals surface area contributed by atoms with Crippen molar-refractivity contribution in [2.45, 2.75) is 24.3 Å². The second-order valence-corrected chi connectivity index (χ2v) is 6.26. The van der Waals surface area contributed by atoms with Gasteiger partial charge in [0.25, 0.3) is 0 Å². The van der Waals surface area contributed by atoms with Gasteiger partial charge < -0.3 is 5.32 Å². The molecule has 2 aromatic carbocycles. The van der Waals surface area contributed by atoms with Gasteiger partial charge in [-0.15, -0.1) is 11.8 Å². The number of benzene rings is 2. The maximum atomic E-state index is 13.8. The van der Waals surface area contributed by atoms with Crippen molar-refractivity contribution in [1.29, 1.82) is 0 Å². The molecule has 0 radical (unpaired) electrons. The van der Waals surface area contributed by atoms with Gasteiger partial charge in [-0.1, -0.05) is 48.9 Å². The Morgan fingerprint density at radius 2 is 1.86 bits per heavy atom. The van der Waals surface area contributed by atoms with Gasteiger partial charge in [0.15, 0.2) is 0 Å². The molecule has 1 atom stereocenters. The summed E-state index contributed by atoms with van der Waals surface area (Å²) in [5, 5.41) is 4.18. The molecule has 4 heteroatoms. The Balaban J connectivity index is 1.99. The van der Waals surface area contributed by atoms with Crippen LogP contribution in [-0.2, 0) is 6.42 Å². The zero-order valence-corrected chi connectivity index (χ0v) is 13.6. The largest absolute Gasteiger partial charge is 0.313 e. The normalized spacial score (nSPS) is 12.3. The molecule has 0 aliphatic heterocycles. The third-order valence-corrected chi connectivity index (χ3v) is 4.87. The summed E-state index contributed by atoms with van der Waals surface area (Å²) in [4.78, 5) is 1.07. The summed E-state index contributed by atoms with van der Waals surface area (Å²) in [5.74, 6) is 0.717. The molecule has 0 spiro atoms.